The van der Waals surface area contributed by atoms with Gasteiger partial charge in [0.15, 0.2) is 0 Å². The topological polar surface area (TPSA) is 55.0 Å². The molecular weight excluding hydrogens is 244 g/mol. The van der Waals surface area contributed by atoms with Gasteiger partial charge in [-0.2, -0.15) is 0 Å². The Morgan fingerprint density at radius 2 is 2.06 bits per heavy atom. The Kier molecular flexibility index (Phi) is 4.28. The zero-order chi connectivity index (χ0) is 13.0. The number of nitrogens with zero attached hydrogens (tertiary/aromatic N) is 3. The highest BCUT2D eigenvalue weighted by Crippen LogP contribution is 2.18. The second-order valence-corrected chi connectivity index (χ2v) is 5.43. The van der Waals surface area contributed by atoms with Gasteiger partial charge >= 0.3 is 0 Å². The first kappa shape index (κ1) is 13.0. The van der Waals surface area contributed by atoms with Crippen LogP contribution in [0, 0.1) is 0 Å². The van der Waals surface area contributed by atoms with Crippen molar-refractivity contribution in [1.82, 2.24) is 9.97 Å². The SMILES string of the molecule is CC(C)N(Cc1cccs1)c1ncc(CN)cn1. The molecule has 18 heavy (non-hydrogen) atoms. The summed E-state index contributed by atoms with van der Waals surface area (Å²) >= 11 is 1.75. The van der Waals surface area contributed by atoms with Crippen molar-refractivity contribution in [3.63, 3.8) is 0 Å². The average Bonchev–Trinajstić information content (AvgIpc) is 2.89. The van der Waals surface area contributed by atoms with Gasteiger partial charge in [-0.25, -0.2) is 9.97 Å². The van der Waals surface area contributed by atoms with E-state index in [-0.39, 0.29) is 0 Å². The zero-order valence-electron chi connectivity index (χ0n) is 10.7. The van der Waals surface area contributed by atoms with Crippen molar-refractivity contribution in [1.29, 1.82) is 0 Å². The molecule has 2 heterocycles. The minimum absolute atomic E-state index is 0.357. The van der Waals surface area contributed by atoms with E-state index in [0.717, 1.165) is 18.1 Å². The summed E-state index contributed by atoms with van der Waals surface area (Å²) in [5.74, 6) is 0.760. The highest BCUT2D eigenvalue weighted by atomic mass is 32.1. The summed E-state index contributed by atoms with van der Waals surface area (Å²) in [6, 6.07) is 4.56. The Morgan fingerprint density at radius 1 is 1.33 bits per heavy atom. The lowest BCUT2D eigenvalue weighted by Crippen LogP contribution is -2.31. The number of hydrogen-bond donors (Lipinski definition) is 1. The third-order valence-corrected chi connectivity index (χ3v) is 3.58. The molecule has 0 bridgehead atoms. The highest BCUT2D eigenvalue weighted by Gasteiger charge is 2.14. The summed E-state index contributed by atoms with van der Waals surface area (Å²) in [6.45, 7) is 5.62. The molecule has 2 aromatic heterocycles. The first-order chi connectivity index (χ1) is 8.70. The number of nitrogens with two attached hydrogens (primary N) is 1. The molecule has 0 fully saturated rings. The molecule has 0 aliphatic heterocycles. The number of hydrogen-bond acceptors (Lipinski definition) is 5. The van der Waals surface area contributed by atoms with Gasteiger partial charge in [0, 0.05) is 35.4 Å². The summed E-state index contributed by atoms with van der Waals surface area (Å²) in [7, 11) is 0. The summed E-state index contributed by atoms with van der Waals surface area (Å²) in [4.78, 5) is 12.3. The molecule has 0 aliphatic carbocycles. The van der Waals surface area contributed by atoms with Crippen LogP contribution in [-0.2, 0) is 13.1 Å². The van der Waals surface area contributed by atoms with Gasteiger partial charge in [-0.15, -0.1) is 11.3 Å². The molecule has 2 rings (SSSR count). The fourth-order valence-corrected chi connectivity index (χ4v) is 2.36. The number of aromatic nitrogens is 2. The molecule has 0 saturated heterocycles. The summed E-state index contributed by atoms with van der Waals surface area (Å²) in [6.07, 6.45) is 3.60. The predicted octanol–water partition coefficient (Wildman–Crippen LogP) is 2.41. The molecule has 0 atom stereocenters. The van der Waals surface area contributed by atoms with E-state index in [9.17, 15) is 0 Å². The van der Waals surface area contributed by atoms with E-state index < -0.39 is 0 Å². The van der Waals surface area contributed by atoms with Crippen LogP contribution < -0.4 is 10.6 Å². The van der Waals surface area contributed by atoms with Crippen LogP contribution in [0.2, 0.25) is 0 Å². The highest BCUT2D eigenvalue weighted by molar-refractivity contribution is 7.09. The van der Waals surface area contributed by atoms with E-state index in [1.165, 1.54) is 4.88 Å². The molecule has 5 heteroatoms. The lowest BCUT2D eigenvalue weighted by Gasteiger charge is -2.26. The Morgan fingerprint density at radius 3 is 2.56 bits per heavy atom. The number of thiophene rings is 1. The molecule has 2 aromatic rings. The molecule has 0 radical (unpaired) electrons. The van der Waals surface area contributed by atoms with Crippen molar-refractivity contribution in [2.45, 2.75) is 33.0 Å². The quantitative estimate of drug-likeness (QED) is 0.899. The molecule has 0 amide bonds. The zero-order valence-corrected chi connectivity index (χ0v) is 11.5. The van der Waals surface area contributed by atoms with Crippen LogP contribution in [0.5, 0.6) is 0 Å². The van der Waals surface area contributed by atoms with Gasteiger partial charge in [0.1, 0.15) is 0 Å². The standard InChI is InChI=1S/C13H18N4S/c1-10(2)17(9-12-4-3-5-18-12)13-15-7-11(6-14)8-16-13/h3-5,7-8,10H,6,9,14H2,1-2H3. The van der Waals surface area contributed by atoms with Gasteiger partial charge in [0.25, 0.3) is 0 Å². The Hall–Kier alpha value is -1.46. The average molecular weight is 262 g/mol. The monoisotopic (exact) mass is 262 g/mol. The fourth-order valence-electron chi connectivity index (χ4n) is 1.66. The van der Waals surface area contributed by atoms with Crippen molar-refractivity contribution >= 4 is 17.3 Å². The van der Waals surface area contributed by atoms with Crippen molar-refractivity contribution < 1.29 is 0 Å². The van der Waals surface area contributed by atoms with Gasteiger partial charge < -0.3 is 10.6 Å². The molecule has 4 nitrogen and oxygen atoms in total. The second-order valence-electron chi connectivity index (χ2n) is 4.40. The van der Waals surface area contributed by atoms with E-state index >= 15 is 0 Å². The maximum atomic E-state index is 5.55. The third-order valence-electron chi connectivity index (χ3n) is 2.71. The van der Waals surface area contributed by atoms with Crippen molar-refractivity contribution in [2.24, 2.45) is 5.73 Å². The number of rotatable bonds is 5. The molecule has 0 spiro atoms. The van der Waals surface area contributed by atoms with Crippen LogP contribution in [-0.4, -0.2) is 16.0 Å². The second kappa shape index (κ2) is 5.93. The van der Waals surface area contributed by atoms with Crippen LogP contribution in [0.25, 0.3) is 0 Å². The summed E-state index contributed by atoms with van der Waals surface area (Å²) in [5, 5.41) is 2.09. The van der Waals surface area contributed by atoms with Crippen molar-refractivity contribution in [2.75, 3.05) is 4.90 Å². The molecule has 2 N–H and O–H groups in total. The molecular formula is C13H18N4S. The Bertz CT molecular complexity index is 464. The van der Waals surface area contributed by atoms with Crippen LogP contribution in [0.1, 0.15) is 24.3 Å². The van der Waals surface area contributed by atoms with E-state index in [1.807, 2.05) is 0 Å². The largest absolute Gasteiger partial charge is 0.333 e. The van der Waals surface area contributed by atoms with E-state index in [1.54, 1.807) is 23.7 Å². The first-order valence-electron chi connectivity index (χ1n) is 6.00. The molecule has 0 aromatic carbocycles. The van der Waals surface area contributed by atoms with Gasteiger partial charge in [-0.05, 0) is 25.3 Å². The van der Waals surface area contributed by atoms with E-state index in [0.29, 0.717) is 12.6 Å². The minimum Gasteiger partial charge on any atom is -0.333 e. The fraction of sp³-hybridized carbons (Fsp3) is 0.385. The van der Waals surface area contributed by atoms with Crippen LogP contribution in [0.3, 0.4) is 0 Å². The van der Waals surface area contributed by atoms with Gasteiger partial charge in [-0.3, -0.25) is 0 Å². The van der Waals surface area contributed by atoms with Gasteiger partial charge in [-0.1, -0.05) is 6.07 Å². The van der Waals surface area contributed by atoms with Gasteiger partial charge in [0.2, 0.25) is 5.95 Å². The molecule has 0 aliphatic rings. The summed E-state index contributed by atoms with van der Waals surface area (Å²) in [5.41, 5.74) is 6.51. The summed E-state index contributed by atoms with van der Waals surface area (Å²) < 4.78 is 0. The van der Waals surface area contributed by atoms with Gasteiger partial charge in [0.05, 0.1) is 6.54 Å². The minimum atomic E-state index is 0.357. The number of anilines is 1. The Labute approximate surface area is 111 Å². The van der Waals surface area contributed by atoms with Crippen LogP contribution in [0.4, 0.5) is 5.95 Å². The lowest BCUT2D eigenvalue weighted by atomic mass is 10.3. The smallest absolute Gasteiger partial charge is 0.225 e. The normalized spacial score (nSPS) is 10.9. The lowest BCUT2D eigenvalue weighted by molar-refractivity contribution is 0.664. The molecule has 0 unspecified atom stereocenters. The Balaban J connectivity index is 2.18. The van der Waals surface area contributed by atoms with Crippen molar-refractivity contribution in [3.8, 4) is 0 Å². The van der Waals surface area contributed by atoms with Crippen LogP contribution >= 0.6 is 11.3 Å². The first-order valence-corrected chi connectivity index (χ1v) is 6.88. The van der Waals surface area contributed by atoms with E-state index in [2.05, 4.69) is 46.2 Å². The molecule has 0 saturated carbocycles. The molecule has 96 valence electrons. The maximum Gasteiger partial charge on any atom is 0.225 e. The maximum absolute atomic E-state index is 5.55. The van der Waals surface area contributed by atoms with E-state index in [4.69, 9.17) is 5.73 Å². The van der Waals surface area contributed by atoms with Crippen molar-refractivity contribution in [3.05, 3.63) is 40.3 Å². The van der Waals surface area contributed by atoms with Crippen LogP contribution in [0.15, 0.2) is 29.9 Å². The predicted molar refractivity (Wildman–Crippen MR) is 75.6 cm³/mol. The third kappa shape index (κ3) is 3.05.